The number of carbonyl (C=O) groups is 2. The number of carbonyl (C=O) groups excluding carboxylic acids is 2. The molecular weight excluding hydrogens is 438 g/mol. The molecule has 0 radical (unpaired) electrons. The monoisotopic (exact) mass is 461 g/mol. The maximum Gasteiger partial charge on any atom is 0.274 e. The lowest BCUT2D eigenvalue weighted by Gasteiger charge is -2.40. The van der Waals surface area contributed by atoms with Crippen molar-refractivity contribution in [1.82, 2.24) is 25.2 Å². The maximum absolute atomic E-state index is 12.6. The Morgan fingerprint density at radius 3 is 2.71 bits per heavy atom. The van der Waals surface area contributed by atoms with E-state index >= 15 is 0 Å². The maximum atomic E-state index is 12.6. The molecule has 0 saturated carbocycles. The first-order chi connectivity index (χ1) is 16.4. The molecule has 3 N–H and O–H groups in total. The number of fused-ring (bicyclic) bond motifs is 1. The second kappa shape index (κ2) is 9.68. The Bertz CT molecular complexity index is 1270. The zero-order valence-electron chi connectivity index (χ0n) is 18.5. The first-order valence-electron chi connectivity index (χ1n) is 10.7. The summed E-state index contributed by atoms with van der Waals surface area (Å²) in [6.45, 7) is 2.94. The zero-order chi connectivity index (χ0) is 24.2. The number of aliphatic hydroxyl groups excluding tert-OH is 1. The Morgan fingerprint density at radius 1 is 1.21 bits per heavy atom. The molecule has 0 spiro atoms. The van der Waals surface area contributed by atoms with Crippen molar-refractivity contribution in [3.05, 3.63) is 53.6 Å². The summed E-state index contributed by atoms with van der Waals surface area (Å²) in [6.07, 6.45) is 2.92. The van der Waals surface area contributed by atoms with Crippen molar-refractivity contribution >= 4 is 28.5 Å². The average Bonchev–Trinajstić information content (AvgIpc) is 2.87. The smallest absolute Gasteiger partial charge is 0.274 e. The summed E-state index contributed by atoms with van der Waals surface area (Å²) in [5.41, 5.74) is 1.27. The van der Waals surface area contributed by atoms with Gasteiger partial charge in [0, 0.05) is 44.7 Å². The largest absolute Gasteiger partial charge is 0.505 e. The average molecular weight is 461 g/mol. The van der Waals surface area contributed by atoms with Gasteiger partial charge in [-0.15, -0.1) is 0 Å². The van der Waals surface area contributed by atoms with Crippen LogP contribution in [-0.2, 0) is 11.3 Å². The van der Waals surface area contributed by atoms with Gasteiger partial charge in [-0.2, -0.15) is 5.26 Å². The molecule has 3 aromatic rings. The van der Waals surface area contributed by atoms with Crippen molar-refractivity contribution in [2.45, 2.75) is 19.5 Å². The van der Waals surface area contributed by atoms with Gasteiger partial charge >= 0.3 is 0 Å². The van der Waals surface area contributed by atoms with Crippen molar-refractivity contribution in [2.75, 3.05) is 31.1 Å². The first-order valence-corrected chi connectivity index (χ1v) is 10.7. The van der Waals surface area contributed by atoms with Crippen molar-refractivity contribution in [3.63, 3.8) is 0 Å². The van der Waals surface area contributed by atoms with Crippen LogP contribution in [0.25, 0.3) is 10.9 Å². The summed E-state index contributed by atoms with van der Waals surface area (Å²) in [5, 5.41) is 32.2. The predicted octanol–water partition coefficient (Wildman–Crippen LogP) is 0.561. The number of nitrogens with zero attached hydrogens (tertiary/aromatic N) is 6. The molecule has 1 fully saturated rings. The standard InChI is InChI=1S/C23H23N7O4/c1-14(32)30-7-6-29(12-17(30)13-31)20-5-4-18-19(28-20)11-26-21(22(18)33)23(34)27-10-15-2-3-16(8-24)25-9-15/h2-5,9,11,17,31,33H,6-7,10,12-13H2,1H3,(H,27,34)/t17-/m1/s1. The Labute approximate surface area is 195 Å². The molecule has 1 aliphatic heterocycles. The van der Waals surface area contributed by atoms with E-state index in [2.05, 4.69) is 20.3 Å². The van der Waals surface area contributed by atoms with Crippen LogP contribution in [0.5, 0.6) is 5.75 Å². The second-order valence-corrected chi connectivity index (χ2v) is 7.90. The number of aromatic hydroxyl groups is 1. The molecule has 0 aromatic carbocycles. The molecule has 174 valence electrons. The molecule has 4 rings (SSSR count). The number of hydrogen-bond donors (Lipinski definition) is 3. The quantitative estimate of drug-likeness (QED) is 0.494. The van der Waals surface area contributed by atoms with Crippen LogP contribution in [0.15, 0.2) is 36.7 Å². The lowest BCUT2D eigenvalue weighted by molar-refractivity contribution is -0.132. The molecule has 0 bridgehead atoms. The van der Waals surface area contributed by atoms with Gasteiger partial charge in [-0.1, -0.05) is 6.07 Å². The van der Waals surface area contributed by atoms with Crippen LogP contribution in [0.2, 0.25) is 0 Å². The van der Waals surface area contributed by atoms with Crippen LogP contribution >= 0.6 is 0 Å². The number of anilines is 1. The fourth-order valence-electron chi connectivity index (χ4n) is 3.91. The third-order valence-electron chi connectivity index (χ3n) is 5.73. The molecule has 1 saturated heterocycles. The Morgan fingerprint density at radius 2 is 2.03 bits per heavy atom. The van der Waals surface area contributed by atoms with Gasteiger partial charge in [-0.3, -0.25) is 9.59 Å². The molecule has 34 heavy (non-hydrogen) atoms. The highest BCUT2D eigenvalue weighted by atomic mass is 16.3. The highest BCUT2D eigenvalue weighted by Crippen LogP contribution is 2.28. The summed E-state index contributed by atoms with van der Waals surface area (Å²) in [5.74, 6) is -0.290. The molecule has 1 aliphatic rings. The van der Waals surface area contributed by atoms with Gasteiger partial charge in [0.15, 0.2) is 11.4 Å². The molecular formula is C23H23N7O4. The van der Waals surface area contributed by atoms with Gasteiger partial charge in [0.25, 0.3) is 5.91 Å². The molecule has 2 amide bonds. The van der Waals surface area contributed by atoms with Crippen LogP contribution in [-0.4, -0.2) is 74.2 Å². The van der Waals surface area contributed by atoms with Gasteiger partial charge in [-0.05, 0) is 23.8 Å². The van der Waals surface area contributed by atoms with Crippen LogP contribution < -0.4 is 10.2 Å². The van der Waals surface area contributed by atoms with E-state index in [1.54, 1.807) is 29.2 Å². The topological polar surface area (TPSA) is 156 Å². The minimum Gasteiger partial charge on any atom is -0.505 e. The van der Waals surface area contributed by atoms with Gasteiger partial charge in [0.2, 0.25) is 5.91 Å². The second-order valence-electron chi connectivity index (χ2n) is 7.90. The number of amides is 2. The molecule has 3 aromatic heterocycles. The summed E-state index contributed by atoms with van der Waals surface area (Å²) in [7, 11) is 0. The highest BCUT2D eigenvalue weighted by Gasteiger charge is 2.29. The first kappa shape index (κ1) is 22.9. The van der Waals surface area contributed by atoms with E-state index in [0.717, 1.165) is 0 Å². The SMILES string of the molecule is CC(=O)N1CCN(c2ccc3c(O)c(C(=O)NCc4ccc(C#N)nc4)ncc3n2)C[C@@H]1CO. The third kappa shape index (κ3) is 4.57. The van der Waals surface area contributed by atoms with E-state index < -0.39 is 5.91 Å². The summed E-state index contributed by atoms with van der Waals surface area (Å²) >= 11 is 0. The number of rotatable bonds is 5. The lowest BCUT2D eigenvalue weighted by Crippen LogP contribution is -2.56. The van der Waals surface area contributed by atoms with Gasteiger partial charge in [0.05, 0.1) is 24.4 Å². The van der Waals surface area contributed by atoms with Crippen LogP contribution in [0.1, 0.15) is 28.7 Å². The Hall–Kier alpha value is -4.30. The van der Waals surface area contributed by atoms with Crippen LogP contribution in [0.3, 0.4) is 0 Å². The fraction of sp³-hybridized carbons (Fsp3) is 0.304. The Balaban J connectivity index is 1.49. The van der Waals surface area contributed by atoms with Gasteiger partial charge in [0.1, 0.15) is 17.6 Å². The number of nitriles is 1. The van der Waals surface area contributed by atoms with Crippen LogP contribution in [0.4, 0.5) is 5.82 Å². The van der Waals surface area contributed by atoms with E-state index in [4.69, 9.17) is 5.26 Å². The van der Waals surface area contributed by atoms with E-state index in [1.165, 1.54) is 19.3 Å². The lowest BCUT2D eigenvalue weighted by atomic mass is 10.1. The van der Waals surface area contributed by atoms with Gasteiger partial charge < -0.3 is 25.3 Å². The molecule has 0 unspecified atom stereocenters. The summed E-state index contributed by atoms with van der Waals surface area (Å²) in [4.78, 5) is 40.6. The van der Waals surface area contributed by atoms with Crippen molar-refractivity contribution in [2.24, 2.45) is 0 Å². The van der Waals surface area contributed by atoms with E-state index in [1.807, 2.05) is 11.0 Å². The van der Waals surface area contributed by atoms with Crippen molar-refractivity contribution in [3.8, 4) is 11.8 Å². The molecule has 11 nitrogen and oxygen atoms in total. The number of nitrogens with one attached hydrogen (secondary N) is 1. The number of pyridine rings is 3. The van der Waals surface area contributed by atoms with Crippen LogP contribution in [0, 0.1) is 11.3 Å². The molecule has 4 heterocycles. The third-order valence-corrected chi connectivity index (χ3v) is 5.73. The predicted molar refractivity (Wildman–Crippen MR) is 122 cm³/mol. The number of piperazine rings is 1. The highest BCUT2D eigenvalue weighted by molar-refractivity contribution is 6.00. The van der Waals surface area contributed by atoms with E-state index in [9.17, 15) is 19.8 Å². The molecule has 0 aliphatic carbocycles. The van der Waals surface area contributed by atoms with E-state index in [-0.39, 0.29) is 42.2 Å². The fourth-order valence-corrected chi connectivity index (χ4v) is 3.91. The van der Waals surface area contributed by atoms with E-state index in [0.29, 0.717) is 41.9 Å². The zero-order valence-corrected chi connectivity index (χ0v) is 18.5. The molecule has 1 atom stereocenters. The minimum atomic E-state index is -0.557. The van der Waals surface area contributed by atoms with Crippen molar-refractivity contribution in [1.29, 1.82) is 5.26 Å². The summed E-state index contributed by atoms with van der Waals surface area (Å²) in [6, 6.07) is 8.23. The number of aromatic nitrogens is 3. The minimum absolute atomic E-state index is 0.0828. The number of aliphatic hydroxyl groups is 1. The summed E-state index contributed by atoms with van der Waals surface area (Å²) < 4.78 is 0. The molecule has 11 heteroatoms. The normalized spacial score (nSPS) is 15.7. The Kier molecular flexibility index (Phi) is 6.51. The van der Waals surface area contributed by atoms with Gasteiger partial charge in [-0.25, -0.2) is 15.0 Å². The number of hydrogen-bond acceptors (Lipinski definition) is 9. The van der Waals surface area contributed by atoms with Crippen molar-refractivity contribution < 1.29 is 19.8 Å².